The van der Waals surface area contributed by atoms with Crippen molar-refractivity contribution in [1.82, 2.24) is 19.5 Å². The molecule has 0 radical (unpaired) electrons. The van der Waals surface area contributed by atoms with Crippen LogP contribution >= 0.6 is 0 Å². The van der Waals surface area contributed by atoms with Crippen LogP contribution in [0.2, 0.25) is 0 Å². The number of fused-ring (bicyclic) bond motifs is 1. The first-order valence-corrected chi connectivity index (χ1v) is 5.74. The first-order valence-electron chi connectivity index (χ1n) is 5.74. The van der Waals surface area contributed by atoms with E-state index in [9.17, 15) is 9.59 Å². The zero-order valence-electron chi connectivity index (χ0n) is 10.7. The Balaban J connectivity index is 2.37. The van der Waals surface area contributed by atoms with Gasteiger partial charge in [0.25, 0.3) is 5.56 Å². The molecule has 0 saturated heterocycles. The molecule has 3 rings (SSSR count). The third-order valence-electron chi connectivity index (χ3n) is 3.05. The number of imidazole rings is 1. The van der Waals surface area contributed by atoms with Gasteiger partial charge in [0.05, 0.1) is 5.56 Å². The molecule has 3 heterocycles. The molecule has 98 valence electrons. The van der Waals surface area contributed by atoms with Crippen LogP contribution in [0.4, 0.5) is 0 Å². The van der Waals surface area contributed by atoms with Crippen molar-refractivity contribution < 1.29 is 4.42 Å². The number of aryl methyl sites for hydroxylation is 3. The van der Waals surface area contributed by atoms with Crippen LogP contribution in [0.5, 0.6) is 0 Å². The van der Waals surface area contributed by atoms with E-state index in [1.54, 1.807) is 7.05 Å². The van der Waals surface area contributed by atoms with E-state index < -0.39 is 11.2 Å². The van der Waals surface area contributed by atoms with Crippen molar-refractivity contribution in [3.05, 3.63) is 38.4 Å². The minimum absolute atomic E-state index is 0.273. The number of nitrogens with zero attached hydrogens (tertiary/aromatic N) is 2. The average molecular weight is 260 g/mol. The number of furan rings is 1. The van der Waals surface area contributed by atoms with Crippen molar-refractivity contribution in [2.24, 2.45) is 7.05 Å². The van der Waals surface area contributed by atoms with Crippen LogP contribution < -0.4 is 11.2 Å². The van der Waals surface area contributed by atoms with Gasteiger partial charge in [0.2, 0.25) is 0 Å². The van der Waals surface area contributed by atoms with Gasteiger partial charge in [0.15, 0.2) is 5.65 Å². The summed E-state index contributed by atoms with van der Waals surface area (Å²) in [6, 6.07) is 1.83. The molecule has 0 amide bonds. The van der Waals surface area contributed by atoms with Crippen molar-refractivity contribution >= 4 is 11.2 Å². The zero-order valence-corrected chi connectivity index (χ0v) is 10.7. The van der Waals surface area contributed by atoms with Crippen LogP contribution in [0.15, 0.2) is 20.1 Å². The summed E-state index contributed by atoms with van der Waals surface area (Å²) < 4.78 is 6.73. The minimum atomic E-state index is -0.490. The van der Waals surface area contributed by atoms with Gasteiger partial charge in [-0.15, -0.1) is 0 Å². The molecule has 0 spiro atoms. The normalized spacial score (nSPS) is 11.3. The lowest BCUT2D eigenvalue weighted by atomic mass is 10.2. The largest absolute Gasteiger partial charge is 0.466 e. The summed E-state index contributed by atoms with van der Waals surface area (Å²) in [5.74, 6) is 1.98. The molecule has 3 aromatic rings. The average Bonchev–Trinajstić information content (AvgIpc) is 2.90. The Bertz CT molecular complexity index is 894. The summed E-state index contributed by atoms with van der Waals surface area (Å²) in [5, 5.41) is 0. The Labute approximate surface area is 106 Å². The summed E-state index contributed by atoms with van der Waals surface area (Å²) in [5.41, 5.74) is 0.406. The van der Waals surface area contributed by atoms with Crippen molar-refractivity contribution in [3.63, 3.8) is 0 Å². The molecule has 0 saturated carbocycles. The summed E-state index contributed by atoms with van der Waals surface area (Å²) in [7, 11) is 1.55. The molecule has 0 fully saturated rings. The van der Waals surface area contributed by atoms with E-state index >= 15 is 0 Å². The smallest absolute Gasteiger partial charge is 0.329 e. The van der Waals surface area contributed by atoms with Gasteiger partial charge in [-0.1, -0.05) is 0 Å². The molecule has 0 bridgehead atoms. The van der Waals surface area contributed by atoms with Gasteiger partial charge >= 0.3 is 5.69 Å². The number of aromatic nitrogens is 4. The molecule has 0 aliphatic heterocycles. The molecule has 3 aromatic heterocycles. The highest BCUT2D eigenvalue weighted by Gasteiger charge is 2.15. The van der Waals surface area contributed by atoms with E-state index in [4.69, 9.17) is 4.42 Å². The fraction of sp³-hybridized carbons (Fsp3) is 0.250. The Morgan fingerprint density at radius 2 is 2.00 bits per heavy atom. The molecule has 7 heteroatoms. The van der Waals surface area contributed by atoms with Gasteiger partial charge < -0.3 is 9.40 Å². The van der Waals surface area contributed by atoms with Gasteiger partial charge in [0, 0.05) is 7.05 Å². The third kappa shape index (κ3) is 1.62. The van der Waals surface area contributed by atoms with E-state index in [0.717, 1.165) is 11.3 Å². The lowest BCUT2D eigenvalue weighted by Gasteiger charge is -1.94. The van der Waals surface area contributed by atoms with Crippen LogP contribution in [-0.4, -0.2) is 19.5 Å². The molecule has 0 atom stereocenters. The van der Waals surface area contributed by atoms with E-state index in [1.165, 1.54) is 4.57 Å². The molecule has 2 N–H and O–H groups in total. The number of rotatable bonds is 1. The fourth-order valence-electron chi connectivity index (χ4n) is 2.10. The molecular formula is C12H12N4O3. The summed E-state index contributed by atoms with van der Waals surface area (Å²) in [4.78, 5) is 32.7. The van der Waals surface area contributed by atoms with E-state index in [-0.39, 0.29) is 5.52 Å². The van der Waals surface area contributed by atoms with E-state index in [1.807, 2.05) is 19.9 Å². The van der Waals surface area contributed by atoms with Crippen molar-refractivity contribution in [2.45, 2.75) is 13.8 Å². The third-order valence-corrected chi connectivity index (χ3v) is 3.05. The highest BCUT2D eigenvalue weighted by atomic mass is 16.3. The fourth-order valence-corrected chi connectivity index (χ4v) is 2.10. The van der Waals surface area contributed by atoms with Crippen molar-refractivity contribution in [2.75, 3.05) is 0 Å². The zero-order chi connectivity index (χ0) is 13.7. The maximum absolute atomic E-state index is 11.7. The van der Waals surface area contributed by atoms with Gasteiger partial charge in [-0.25, -0.2) is 9.78 Å². The molecular weight excluding hydrogens is 248 g/mol. The van der Waals surface area contributed by atoms with Crippen LogP contribution in [-0.2, 0) is 7.05 Å². The molecule has 7 nitrogen and oxygen atoms in total. The van der Waals surface area contributed by atoms with Crippen LogP contribution in [0.1, 0.15) is 11.5 Å². The Hall–Kier alpha value is -2.57. The lowest BCUT2D eigenvalue weighted by molar-refractivity contribution is 0.505. The molecule has 0 unspecified atom stereocenters. The maximum atomic E-state index is 11.7. The van der Waals surface area contributed by atoms with Crippen molar-refractivity contribution in [1.29, 1.82) is 0 Å². The predicted octanol–water partition coefficient (Wildman–Crippen LogP) is 0.827. The minimum Gasteiger partial charge on any atom is -0.466 e. The number of nitrogens with one attached hydrogen (secondary N) is 2. The maximum Gasteiger partial charge on any atom is 0.329 e. The second kappa shape index (κ2) is 3.71. The van der Waals surface area contributed by atoms with Gasteiger partial charge in [0.1, 0.15) is 22.9 Å². The van der Waals surface area contributed by atoms with Gasteiger partial charge in [-0.2, -0.15) is 0 Å². The molecule has 19 heavy (non-hydrogen) atoms. The molecule has 0 aliphatic carbocycles. The number of aromatic amines is 2. The van der Waals surface area contributed by atoms with Gasteiger partial charge in [-0.05, 0) is 19.9 Å². The lowest BCUT2D eigenvalue weighted by Crippen LogP contribution is -2.28. The van der Waals surface area contributed by atoms with Crippen LogP contribution in [0.3, 0.4) is 0 Å². The molecule has 0 aromatic carbocycles. The topological polar surface area (TPSA) is 96.7 Å². The standard InChI is InChI=1S/C12H12N4O3/c1-5-4-7(6(2)19-5)9-13-8-10(14-9)16(3)12(18)15-11(8)17/h4H,1-3H3,(H,13,14)(H,15,17,18). The first-order chi connectivity index (χ1) is 8.97. The monoisotopic (exact) mass is 260 g/mol. The second-order valence-electron chi connectivity index (χ2n) is 4.43. The Morgan fingerprint density at radius 3 is 2.63 bits per heavy atom. The summed E-state index contributed by atoms with van der Waals surface area (Å²) in [6.07, 6.45) is 0. The Morgan fingerprint density at radius 1 is 1.26 bits per heavy atom. The van der Waals surface area contributed by atoms with Gasteiger partial charge in [-0.3, -0.25) is 14.3 Å². The number of H-pyrrole nitrogens is 2. The predicted molar refractivity (Wildman–Crippen MR) is 69.1 cm³/mol. The number of hydrogen-bond donors (Lipinski definition) is 2. The highest BCUT2D eigenvalue weighted by Crippen LogP contribution is 2.24. The molecule has 0 aliphatic rings. The van der Waals surface area contributed by atoms with Crippen LogP contribution in [0, 0.1) is 13.8 Å². The number of hydrogen-bond acceptors (Lipinski definition) is 4. The first kappa shape index (κ1) is 11.5. The van der Waals surface area contributed by atoms with E-state index in [0.29, 0.717) is 17.2 Å². The summed E-state index contributed by atoms with van der Waals surface area (Å²) in [6.45, 7) is 3.65. The quantitative estimate of drug-likeness (QED) is 0.677. The summed E-state index contributed by atoms with van der Waals surface area (Å²) >= 11 is 0. The van der Waals surface area contributed by atoms with Crippen molar-refractivity contribution in [3.8, 4) is 11.4 Å². The second-order valence-corrected chi connectivity index (χ2v) is 4.43. The Kier molecular flexibility index (Phi) is 2.25. The highest BCUT2D eigenvalue weighted by molar-refractivity contribution is 5.75. The van der Waals surface area contributed by atoms with Crippen LogP contribution in [0.25, 0.3) is 22.6 Å². The van der Waals surface area contributed by atoms with E-state index in [2.05, 4.69) is 15.0 Å². The SMILES string of the molecule is Cc1cc(-c2nc3c([nH]2)c(=O)[nH]c(=O)n3C)c(C)o1.